The average molecular weight is 426 g/mol. The third kappa shape index (κ3) is 4.69. The third-order valence-corrected chi connectivity index (χ3v) is 4.74. The summed E-state index contributed by atoms with van der Waals surface area (Å²) in [4.78, 5) is 19.2. The molecule has 150 valence electrons. The number of benzene rings is 3. The number of nitrogens with one attached hydrogen (secondary N) is 2. The Morgan fingerprint density at radius 2 is 1.68 bits per heavy atom. The Balaban J connectivity index is 1.59. The molecule has 0 atom stereocenters. The minimum atomic E-state index is -0.531. The highest BCUT2D eigenvalue weighted by atomic mass is 35.5. The fourth-order valence-electron chi connectivity index (χ4n) is 3.07. The van der Waals surface area contributed by atoms with Gasteiger partial charge in [0, 0.05) is 10.6 Å². The first-order valence-electron chi connectivity index (χ1n) is 9.39. The van der Waals surface area contributed by atoms with Gasteiger partial charge >= 0.3 is 0 Å². The van der Waals surface area contributed by atoms with Crippen molar-refractivity contribution in [3.8, 4) is 28.5 Å². The second-order valence-corrected chi connectivity index (χ2v) is 7.06. The fraction of sp³-hybridized carbons (Fsp3) is 0. The van der Waals surface area contributed by atoms with Crippen LogP contribution in [-0.4, -0.2) is 16.2 Å². The number of halogens is 1. The molecule has 4 aromatic rings. The standard InChI is InChI=1S/C24H16ClN5O/c25-20-11-5-10-19(13-20)18-9-4-6-16(12-18)15-27-30-24-28-22(17-7-2-1-3-8-17)21(14-26)23(31)29-24/h1-13,15H,(H2,28,29,30,31). The van der Waals surface area contributed by atoms with Gasteiger partial charge in [0.25, 0.3) is 5.56 Å². The Kier molecular flexibility index (Phi) is 5.88. The highest BCUT2D eigenvalue weighted by Crippen LogP contribution is 2.23. The monoisotopic (exact) mass is 425 g/mol. The van der Waals surface area contributed by atoms with Crippen molar-refractivity contribution < 1.29 is 0 Å². The molecule has 0 spiro atoms. The van der Waals surface area contributed by atoms with Crippen molar-refractivity contribution in [3.63, 3.8) is 0 Å². The van der Waals surface area contributed by atoms with E-state index in [1.807, 2.05) is 72.8 Å². The Morgan fingerprint density at radius 1 is 0.968 bits per heavy atom. The second kappa shape index (κ2) is 9.08. The van der Waals surface area contributed by atoms with Gasteiger partial charge in [-0.1, -0.05) is 72.3 Å². The van der Waals surface area contributed by atoms with Gasteiger partial charge in [0.1, 0.15) is 11.6 Å². The molecule has 0 fully saturated rings. The smallest absolute Gasteiger partial charge is 0.270 e. The molecule has 7 heteroatoms. The Labute approximate surface area is 183 Å². The fourth-order valence-corrected chi connectivity index (χ4v) is 3.26. The van der Waals surface area contributed by atoms with Gasteiger partial charge < -0.3 is 0 Å². The van der Waals surface area contributed by atoms with E-state index >= 15 is 0 Å². The zero-order chi connectivity index (χ0) is 21.6. The number of hydrogen-bond donors (Lipinski definition) is 2. The lowest BCUT2D eigenvalue weighted by atomic mass is 10.0. The van der Waals surface area contributed by atoms with Gasteiger partial charge in [-0.3, -0.25) is 9.78 Å². The number of hydrogen-bond acceptors (Lipinski definition) is 5. The topological polar surface area (TPSA) is 93.9 Å². The first-order chi connectivity index (χ1) is 15.1. The van der Waals surface area contributed by atoms with E-state index in [1.165, 1.54) is 0 Å². The molecular formula is C24H16ClN5O. The van der Waals surface area contributed by atoms with Gasteiger partial charge in [0.15, 0.2) is 0 Å². The zero-order valence-electron chi connectivity index (χ0n) is 16.2. The quantitative estimate of drug-likeness (QED) is 0.344. The van der Waals surface area contributed by atoms with E-state index in [0.29, 0.717) is 16.3 Å². The molecule has 0 saturated carbocycles. The summed E-state index contributed by atoms with van der Waals surface area (Å²) in [6.45, 7) is 0. The van der Waals surface area contributed by atoms with E-state index in [2.05, 4.69) is 20.5 Å². The van der Waals surface area contributed by atoms with E-state index in [1.54, 1.807) is 18.3 Å². The predicted molar refractivity (Wildman–Crippen MR) is 123 cm³/mol. The first kappa shape index (κ1) is 20.1. The number of hydrazone groups is 1. The average Bonchev–Trinajstić information content (AvgIpc) is 2.79. The summed E-state index contributed by atoms with van der Waals surface area (Å²) in [5, 5.41) is 14.2. The van der Waals surface area contributed by atoms with Gasteiger partial charge in [-0.25, -0.2) is 10.4 Å². The van der Waals surface area contributed by atoms with Crippen molar-refractivity contribution in [2.45, 2.75) is 0 Å². The minimum Gasteiger partial charge on any atom is -0.290 e. The van der Waals surface area contributed by atoms with Crippen molar-refractivity contribution in [2.24, 2.45) is 5.10 Å². The maximum absolute atomic E-state index is 12.3. The van der Waals surface area contributed by atoms with Crippen molar-refractivity contribution in [1.29, 1.82) is 5.26 Å². The summed E-state index contributed by atoms with van der Waals surface area (Å²) in [5.41, 5.74) is 5.99. The molecule has 1 aromatic heterocycles. The molecule has 4 rings (SSSR count). The van der Waals surface area contributed by atoms with Crippen molar-refractivity contribution in [2.75, 3.05) is 5.43 Å². The molecule has 31 heavy (non-hydrogen) atoms. The molecule has 0 bridgehead atoms. The van der Waals surface area contributed by atoms with Gasteiger partial charge in [-0.2, -0.15) is 10.4 Å². The summed E-state index contributed by atoms with van der Waals surface area (Å²) < 4.78 is 0. The van der Waals surface area contributed by atoms with Crippen molar-refractivity contribution in [1.82, 2.24) is 9.97 Å². The molecule has 2 N–H and O–H groups in total. The molecule has 3 aromatic carbocycles. The number of aromatic nitrogens is 2. The number of H-pyrrole nitrogens is 1. The lowest BCUT2D eigenvalue weighted by molar-refractivity contribution is 1.08. The Morgan fingerprint density at radius 3 is 2.42 bits per heavy atom. The summed E-state index contributed by atoms with van der Waals surface area (Å²) in [6, 6.07) is 26.4. The number of nitriles is 1. The van der Waals surface area contributed by atoms with Crippen LogP contribution in [0.5, 0.6) is 0 Å². The lowest BCUT2D eigenvalue weighted by Gasteiger charge is -2.06. The number of anilines is 1. The zero-order valence-corrected chi connectivity index (χ0v) is 17.0. The lowest BCUT2D eigenvalue weighted by Crippen LogP contribution is -2.16. The molecule has 0 saturated heterocycles. The maximum atomic E-state index is 12.3. The molecule has 0 aliphatic carbocycles. The predicted octanol–water partition coefficient (Wildman–Crippen LogP) is 5.07. The molecule has 0 aliphatic rings. The van der Waals surface area contributed by atoms with Gasteiger partial charge in [0.05, 0.1) is 11.9 Å². The van der Waals surface area contributed by atoms with Crippen LogP contribution in [0.3, 0.4) is 0 Å². The second-order valence-electron chi connectivity index (χ2n) is 6.62. The molecule has 0 aliphatic heterocycles. The molecule has 0 radical (unpaired) electrons. The van der Waals surface area contributed by atoms with Crippen LogP contribution in [-0.2, 0) is 0 Å². The molecule has 1 heterocycles. The van der Waals surface area contributed by atoms with Gasteiger partial charge in [0.2, 0.25) is 5.95 Å². The Bertz CT molecular complexity index is 1360. The molecule has 6 nitrogen and oxygen atoms in total. The highest BCUT2D eigenvalue weighted by Gasteiger charge is 2.12. The Hall–Kier alpha value is -4.21. The SMILES string of the molecule is N#Cc1c(-c2ccccc2)nc(NN=Cc2cccc(-c3cccc(Cl)c3)c2)[nH]c1=O. The van der Waals surface area contributed by atoms with E-state index in [-0.39, 0.29) is 11.5 Å². The van der Waals surface area contributed by atoms with Crippen LogP contribution in [0.1, 0.15) is 11.1 Å². The normalized spacial score (nSPS) is 10.7. The van der Waals surface area contributed by atoms with Gasteiger partial charge in [-0.15, -0.1) is 0 Å². The highest BCUT2D eigenvalue weighted by molar-refractivity contribution is 6.30. The third-order valence-electron chi connectivity index (χ3n) is 4.51. The first-order valence-corrected chi connectivity index (χ1v) is 9.77. The summed E-state index contributed by atoms with van der Waals surface area (Å²) in [6.07, 6.45) is 1.62. The number of aromatic amines is 1. The largest absolute Gasteiger partial charge is 0.290 e. The van der Waals surface area contributed by atoms with Crippen LogP contribution in [0.15, 0.2) is 88.8 Å². The molecule has 0 amide bonds. The van der Waals surface area contributed by atoms with Crippen LogP contribution in [0, 0.1) is 11.3 Å². The van der Waals surface area contributed by atoms with Crippen molar-refractivity contribution >= 4 is 23.8 Å². The molecular weight excluding hydrogens is 410 g/mol. The van der Waals surface area contributed by atoms with Crippen LogP contribution in [0.4, 0.5) is 5.95 Å². The maximum Gasteiger partial charge on any atom is 0.270 e. The van der Waals surface area contributed by atoms with E-state index in [4.69, 9.17) is 11.6 Å². The van der Waals surface area contributed by atoms with E-state index in [9.17, 15) is 10.1 Å². The van der Waals surface area contributed by atoms with E-state index in [0.717, 1.165) is 16.7 Å². The molecule has 0 unspecified atom stereocenters. The number of nitrogens with zero attached hydrogens (tertiary/aromatic N) is 3. The summed E-state index contributed by atoms with van der Waals surface area (Å²) in [7, 11) is 0. The minimum absolute atomic E-state index is 0.0463. The van der Waals surface area contributed by atoms with Crippen LogP contribution >= 0.6 is 11.6 Å². The summed E-state index contributed by atoms with van der Waals surface area (Å²) in [5.74, 6) is 0.144. The van der Waals surface area contributed by atoms with E-state index < -0.39 is 5.56 Å². The van der Waals surface area contributed by atoms with Crippen molar-refractivity contribution in [3.05, 3.63) is 105 Å². The van der Waals surface area contributed by atoms with Gasteiger partial charge in [-0.05, 0) is 34.9 Å². The summed E-state index contributed by atoms with van der Waals surface area (Å²) >= 11 is 6.08. The number of rotatable bonds is 5. The van der Waals surface area contributed by atoms with Crippen LogP contribution < -0.4 is 11.0 Å². The van der Waals surface area contributed by atoms with Crippen LogP contribution in [0.2, 0.25) is 5.02 Å². The van der Waals surface area contributed by atoms with Crippen LogP contribution in [0.25, 0.3) is 22.4 Å².